The molecule has 9 rings (SSSR count). The van der Waals surface area contributed by atoms with Crippen LogP contribution in [0.15, 0.2) is 91.0 Å². The first-order chi connectivity index (χ1) is 17.3. The Morgan fingerprint density at radius 3 is 2.09 bits per heavy atom. The fourth-order valence-corrected chi connectivity index (χ4v) is 7.23. The van der Waals surface area contributed by atoms with E-state index in [2.05, 4.69) is 95.9 Å². The predicted molar refractivity (Wildman–Crippen MR) is 143 cm³/mol. The van der Waals surface area contributed by atoms with Gasteiger partial charge in [-0.1, -0.05) is 72.8 Å². The lowest BCUT2D eigenvalue weighted by molar-refractivity contribution is 1.01. The number of para-hydroxylation sites is 2. The third-order valence-electron chi connectivity index (χ3n) is 8.69. The van der Waals surface area contributed by atoms with Gasteiger partial charge < -0.3 is 4.90 Å². The summed E-state index contributed by atoms with van der Waals surface area (Å²) in [5, 5.41) is 0. The lowest BCUT2D eigenvalue weighted by atomic mass is 9.85. The van der Waals surface area contributed by atoms with Crippen LogP contribution in [0.4, 0.5) is 17.1 Å². The lowest BCUT2D eigenvalue weighted by Gasteiger charge is -2.39. The Bertz CT molecular complexity index is 1760. The maximum Gasteiger partial charge on any atom is 0.0532 e. The molecule has 0 fully saturated rings. The minimum absolute atomic E-state index is 1.01. The second-order valence-electron chi connectivity index (χ2n) is 10.5. The second kappa shape index (κ2) is 6.31. The van der Waals surface area contributed by atoms with Crippen molar-refractivity contribution in [2.75, 3.05) is 4.90 Å². The molecule has 5 aromatic carbocycles. The van der Waals surface area contributed by atoms with Crippen LogP contribution in [-0.4, -0.2) is 0 Å². The molecule has 1 heteroatoms. The van der Waals surface area contributed by atoms with Crippen LogP contribution in [-0.2, 0) is 25.7 Å². The highest BCUT2D eigenvalue weighted by atomic mass is 15.2. The highest BCUT2D eigenvalue weighted by Crippen LogP contribution is 2.54. The molecule has 5 aromatic rings. The van der Waals surface area contributed by atoms with Gasteiger partial charge in [0, 0.05) is 18.5 Å². The van der Waals surface area contributed by atoms with Gasteiger partial charge >= 0.3 is 0 Å². The van der Waals surface area contributed by atoms with E-state index in [0.29, 0.717) is 0 Å². The molecule has 0 spiro atoms. The van der Waals surface area contributed by atoms with Crippen LogP contribution < -0.4 is 4.90 Å². The first-order valence-corrected chi connectivity index (χ1v) is 12.7. The molecule has 0 saturated heterocycles. The molecule has 0 radical (unpaired) electrons. The fraction of sp³-hybridized carbons (Fsp3) is 0.118. The number of fused-ring (bicyclic) bond motifs is 11. The standard InChI is InChI=1S/C34H23N/c1-3-10-27-20(6-1)14-22-12-13-28-29-18-26-16-24-9-5-8-23-15-21-7-2-4-11-31(21)35(34(23)24)32(26)19-25(29)17-30(28)33(22)27/h1-13,18-19H,14-17H2. The van der Waals surface area contributed by atoms with Crippen LogP contribution >= 0.6 is 0 Å². The summed E-state index contributed by atoms with van der Waals surface area (Å²) in [6, 6.07) is 34.6. The van der Waals surface area contributed by atoms with Crippen LogP contribution in [0, 0.1) is 0 Å². The van der Waals surface area contributed by atoms with E-state index in [-0.39, 0.29) is 0 Å². The monoisotopic (exact) mass is 445 g/mol. The maximum atomic E-state index is 2.56. The minimum Gasteiger partial charge on any atom is -0.309 e. The van der Waals surface area contributed by atoms with Crippen molar-refractivity contribution >= 4 is 17.1 Å². The van der Waals surface area contributed by atoms with Gasteiger partial charge in [0.25, 0.3) is 0 Å². The van der Waals surface area contributed by atoms with Gasteiger partial charge in [0.15, 0.2) is 0 Å². The Morgan fingerprint density at radius 2 is 1.17 bits per heavy atom. The summed E-state index contributed by atoms with van der Waals surface area (Å²) < 4.78 is 0. The van der Waals surface area contributed by atoms with Crippen LogP contribution in [0.1, 0.15) is 44.5 Å². The summed E-state index contributed by atoms with van der Waals surface area (Å²) in [6.07, 6.45) is 4.12. The molecule has 35 heavy (non-hydrogen) atoms. The zero-order valence-corrected chi connectivity index (χ0v) is 19.4. The molecule has 0 atom stereocenters. The van der Waals surface area contributed by atoms with Crippen molar-refractivity contribution in [1.82, 2.24) is 0 Å². The molecular weight excluding hydrogens is 422 g/mol. The largest absolute Gasteiger partial charge is 0.309 e. The van der Waals surface area contributed by atoms with E-state index in [1.807, 2.05) is 0 Å². The van der Waals surface area contributed by atoms with Crippen LogP contribution in [0.5, 0.6) is 0 Å². The average Bonchev–Trinajstić information content (AvgIpc) is 3.45. The highest BCUT2D eigenvalue weighted by molar-refractivity contribution is 5.94. The van der Waals surface area contributed by atoms with Crippen molar-refractivity contribution in [3.8, 4) is 22.3 Å². The van der Waals surface area contributed by atoms with Crippen LogP contribution in [0.2, 0.25) is 0 Å². The second-order valence-corrected chi connectivity index (χ2v) is 10.5. The molecule has 2 heterocycles. The van der Waals surface area contributed by atoms with Crippen molar-refractivity contribution in [3.05, 3.63) is 136 Å². The van der Waals surface area contributed by atoms with Gasteiger partial charge in [-0.05, 0) is 97.8 Å². The molecule has 2 aliphatic heterocycles. The van der Waals surface area contributed by atoms with Crippen molar-refractivity contribution < 1.29 is 0 Å². The molecule has 164 valence electrons. The zero-order valence-electron chi connectivity index (χ0n) is 19.4. The molecule has 0 amide bonds. The maximum absolute atomic E-state index is 2.56. The number of hydrogen-bond donors (Lipinski definition) is 0. The summed E-state index contributed by atoms with van der Waals surface area (Å²) in [5.41, 5.74) is 21.7. The first-order valence-electron chi connectivity index (χ1n) is 12.7. The number of nitrogens with zero attached hydrogens (tertiary/aromatic N) is 1. The van der Waals surface area contributed by atoms with Gasteiger partial charge in [0.1, 0.15) is 0 Å². The molecule has 4 aliphatic rings. The highest BCUT2D eigenvalue weighted by Gasteiger charge is 2.34. The molecule has 0 saturated carbocycles. The molecule has 0 N–H and O–H groups in total. The zero-order chi connectivity index (χ0) is 22.7. The summed E-state index contributed by atoms with van der Waals surface area (Å²) >= 11 is 0. The van der Waals surface area contributed by atoms with E-state index in [4.69, 9.17) is 0 Å². The van der Waals surface area contributed by atoms with Crippen molar-refractivity contribution in [1.29, 1.82) is 0 Å². The fourth-order valence-electron chi connectivity index (χ4n) is 7.23. The van der Waals surface area contributed by atoms with Crippen molar-refractivity contribution in [2.45, 2.75) is 25.7 Å². The van der Waals surface area contributed by atoms with Crippen molar-refractivity contribution in [2.24, 2.45) is 0 Å². The molecule has 1 nitrogen and oxygen atoms in total. The first kappa shape index (κ1) is 18.3. The third kappa shape index (κ3) is 2.29. The minimum atomic E-state index is 1.01. The number of benzene rings is 5. The van der Waals surface area contributed by atoms with Gasteiger partial charge in [-0.3, -0.25) is 0 Å². The summed E-state index contributed by atoms with van der Waals surface area (Å²) in [5.74, 6) is 0. The smallest absolute Gasteiger partial charge is 0.0532 e. The van der Waals surface area contributed by atoms with Gasteiger partial charge in [0.05, 0.1) is 11.4 Å². The summed E-state index contributed by atoms with van der Waals surface area (Å²) in [6.45, 7) is 0. The van der Waals surface area contributed by atoms with Gasteiger partial charge in [-0.2, -0.15) is 0 Å². The topological polar surface area (TPSA) is 3.24 Å². The molecule has 2 aliphatic carbocycles. The van der Waals surface area contributed by atoms with Crippen LogP contribution in [0.25, 0.3) is 22.3 Å². The summed E-state index contributed by atoms with van der Waals surface area (Å²) in [7, 11) is 0. The van der Waals surface area contributed by atoms with Gasteiger partial charge in [-0.25, -0.2) is 0 Å². The Labute approximate surface area is 205 Å². The van der Waals surface area contributed by atoms with E-state index in [0.717, 1.165) is 25.7 Å². The van der Waals surface area contributed by atoms with Crippen LogP contribution in [0.3, 0.4) is 0 Å². The number of rotatable bonds is 0. The summed E-state index contributed by atoms with van der Waals surface area (Å²) in [4.78, 5) is 2.56. The Balaban J connectivity index is 1.27. The van der Waals surface area contributed by atoms with Crippen molar-refractivity contribution in [3.63, 3.8) is 0 Å². The Kier molecular flexibility index (Phi) is 3.29. The predicted octanol–water partition coefficient (Wildman–Crippen LogP) is 8.11. The normalized spacial score (nSPS) is 14.9. The molecule has 0 bridgehead atoms. The van der Waals surface area contributed by atoms with E-state index in [1.54, 1.807) is 0 Å². The Hall–Kier alpha value is -4.10. The van der Waals surface area contributed by atoms with E-state index in [9.17, 15) is 0 Å². The molecular formula is C34H23N. The van der Waals surface area contributed by atoms with Gasteiger partial charge in [-0.15, -0.1) is 0 Å². The average molecular weight is 446 g/mol. The quantitative estimate of drug-likeness (QED) is 0.228. The SMILES string of the molecule is c1ccc2c(c1)Cc1ccc3c(c1-2)Cc1cc2c(cc1-3)Cc1cccc3c1N2c1ccccc1C3. The lowest BCUT2D eigenvalue weighted by Crippen LogP contribution is -2.24. The number of hydrogen-bond acceptors (Lipinski definition) is 1. The molecule has 0 aromatic heterocycles. The Morgan fingerprint density at radius 1 is 0.429 bits per heavy atom. The third-order valence-corrected chi connectivity index (χ3v) is 8.69. The van der Waals surface area contributed by atoms with E-state index >= 15 is 0 Å². The van der Waals surface area contributed by atoms with E-state index < -0.39 is 0 Å². The number of anilines is 3. The van der Waals surface area contributed by atoms with E-state index in [1.165, 1.54) is 83.8 Å². The molecule has 0 unspecified atom stereocenters. The van der Waals surface area contributed by atoms with Gasteiger partial charge in [0.2, 0.25) is 0 Å².